The Balaban J connectivity index is 2.24. The van der Waals surface area contributed by atoms with Crippen LogP contribution in [0.1, 0.15) is 49.4 Å². The summed E-state index contributed by atoms with van der Waals surface area (Å²) in [5.74, 6) is 4.69. The van der Waals surface area contributed by atoms with Gasteiger partial charge in [0.2, 0.25) is 0 Å². The molecule has 8 nitrogen and oxygen atoms in total. The third-order valence-corrected chi connectivity index (χ3v) is 3.29. The predicted molar refractivity (Wildman–Crippen MR) is 75.2 cm³/mol. The van der Waals surface area contributed by atoms with Crippen molar-refractivity contribution in [2.45, 2.75) is 52.3 Å². The number of hydrogen-bond donors (Lipinski definition) is 3. The Bertz CT molecular complexity index is 561. The van der Waals surface area contributed by atoms with E-state index in [0.29, 0.717) is 12.0 Å². The Morgan fingerprint density at radius 3 is 2.71 bits per heavy atom. The maximum atomic E-state index is 12.3. The standard InChI is InChI=1S/C13H21N5O3/c1-7-5-9-8(10(17-16-9)11(19)15-14)6-18(7)12(20)21-13(2,3)4/h7H,5-6,14H2,1-4H3,(H,15,19)(H,16,17)/t7-/m1/s1. The number of aromatic amines is 1. The summed E-state index contributed by atoms with van der Waals surface area (Å²) in [6.07, 6.45) is 0.157. The predicted octanol–water partition coefficient (Wildman–Crippen LogP) is 0.695. The van der Waals surface area contributed by atoms with Gasteiger partial charge in [-0.25, -0.2) is 10.6 Å². The number of H-pyrrole nitrogens is 1. The number of nitrogens with two attached hydrogens (primary N) is 1. The first-order chi connectivity index (χ1) is 9.73. The van der Waals surface area contributed by atoms with Gasteiger partial charge in [0, 0.05) is 18.0 Å². The van der Waals surface area contributed by atoms with Crippen molar-refractivity contribution in [3.05, 3.63) is 17.0 Å². The smallest absolute Gasteiger partial charge is 0.410 e. The van der Waals surface area contributed by atoms with Crippen LogP contribution < -0.4 is 11.3 Å². The number of nitrogen functional groups attached to an aromatic ring is 1. The Hall–Kier alpha value is -2.09. The zero-order valence-electron chi connectivity index (χ0n) is 12.7. The van der Waals surface area contributed by atoms with Crippen LogP contribution in [0.4, 0.5) is 4.79 Å². The zero-order valence-corrected chi connectivity index (χ0v) is 12.7. The molecule has 1 aromatic rings. The van der Waals surface area contributed by atoms with E-state index in [2.05, 4.69) is 15.6 Å². The third-order valence-electron chi connectivity index (χ3n) is 3.29. The molecule has 1 aromatic heterocycles. The van der Waals surface area contributed by atoms with Gasteiger partial charge in [-0.2, -0.15) is 5.10 Å². The topological polar surface area (TPSA) is 113 Å². The first kappa shape index (κ1) is 15.3. The van der Waals surface area contributed by atoms with Crippen molar-refractivity contribution in [3.8, 4) is 0 Å². The molecule has 0 aliphatic carbocycles. The van der Waals surface area contributed by atoms with E-state index in [9.17, 15) is 9.59 Å². The van der Waals surface area contributed by atoms with Crippen LogP contribution >= 0.6 is 0 Å². The summed E-state index contributed by atoms with van der Waals surface area (Å²) in [6, 6.07) is -0.0514. The van der Waals surface area contributed by atoms with Gasteiger partial charge in [-0.3, -0.25) is 15.3 Å². The minimum Gasteiger partial charge on any atom is -0.444 e. The van der Waals surface area contributed by atoms with Crippen molar-refractivity contribution in [3.63, 3.8) is 0 Å². The van der Waals surface area contributed by atoms with E-state index in [0.717, 1.165) is 5.69 Å². The highest BCUT2D eigenvalue weighted by Crippen LogP contribution is 2.26. The number of carbonyl (C=O) groups is 2. The molecule has 2 heterocycles. The molecular weight excluding hydrogens is 274 g/mol. The van der Waals surface area contributed by atoms with Crippen LogP contribution in [0.15, 0.2) is 0 Å². The number of hydrazine groups is 1. The lowest BCUT2D eigenvalue weighted by molar-refractivity contribution is 0.0136. The molecule has 0 saturated heterocycles. The summed E-state index contributed by atoms with van der Waals surface area (Å²) >= 11 is 0. The van der Waals surface area contributed by atoms with Gasteiger partial charge in [0.1, 0.15) is 11.3 Å². The minimum atomic E-state index is -0.565. The van der Waals surface area contributed by atoms with Gasteiger partial charge in [-0.1, -0.05) is 0 Å². The quantitative estimate of drug-likeness (QED) is 0.401. The number of fused-ring (bicyclic) bond motifs is 1. The van der Waals surface area contributed by atoms with Crippen LogP contribution in [0.2, 0.25) is 0 Å². The average Bonchev–Trinajstić information content (AvgIpc) is 2.77. The van der Waals surface area contributed by atoms with Crippen LogP contribution in [-0.4, -0.2) is 38.7 Å². The molecule has 8 heteroatoms. The second-order valence-corrected chi connectivity index (χ2v) is 6.16. The van der Waals surface area contributed by atoms with Crippen LogP contribution in [-0.2, 0) is 17.7 Å². The number of rotatable bonds is 1. The second-order valence-electron chi connectivity index (χ2n) is 6.16. The van der Waals surface area contributed by atoms with Crippen LogP contribution in [0.5, 0.6) is 0 Å². The average molecular weight is 295 g/mol. The van der Waals surface area contributed by atoms with Crippen molar-refractivity contribution in [2.75, 3.05) is 0 Å². The monoisotopic (exact) mass is 295 g/mol. The molecule has 0 saturated carbocycles. The summed E-state index contributed by atoms with van der Waals surface area (Å²) in [5.41, 5.74) is 3.25. The normalized spacial score (nSPS) is 18.1. The molecule has 4 N–H and O–H groups in total. The molecule has 0 aromatic carbocycles. The van der Waals surface area contributed by atoms with E-state index in [4.69, 9.17) is 10.6 Å². The van der Waals surface area contributed by atoms with Crippen LogP contribution in [0, 0.1) is 0 Å². The van der Waals surface area contributed by atoms with Gasteiger partial charge in [0.25, 0.3) is 5.91 Å². The van der Waals surface area contributed by atoms with Crippen LogP contribution in [0.3, 0.4) is 0 Å². The molecule has 21 heavy (non-hydrogen) atoms. The van der Waals surface area contributed by atoms with Crippen molar-refractivity contribution < 1.29 is 14.3 Å². The first-order valence-electron chi connectivity index (χ1n) is 6.79. The fourth-order valence-corrected chi connectivity index (χ4v) is 2.28. The molecule has 1 aliphatic rings. The number of hydrogen-bond acceptors (Lipinski definition) is 5. The van der Waals surface area contributed by atoms with Gasteiger partial charge in [-0.15, -0.1) is 0 Å². The highest BCUT2D eigenvalue weighted by molar-refractivity contribution is 5.93. The Morgan fingerprint density at radius 2 is 2.14 bits per heavy atom. The molecule has 1 atom stereocenters. The molecular formula is C13H21N5O3. The zero-order chi connectivity index (χ0) is 15.8. The number of carbonyl (C=O) groups excluding carboxylic acids is 2. The molecule has 0 unspecified atom stereocenters. The second kappa shape index (κ2) is 5.36. The summed E-state index contributed by atoms with van der Waals surface area (Å²) in [6.45, 7) is 7.64. The number of ether oxygens (including phenoxy) is 1. The summed E-state index contributed by atoms with van der Waals surface area (Å²) in [7, 11) is 0. The van der Waals surface area contributed by atoms with Gasteiger partial charge in [0.15, 0.2) is 0 Å². The van der Waals surface area contributed by atoms with E-state index in [1.807, 2.05) is 27.7 Å². The third kappa shape index (κ3) is 3.15. The van der Waals surface area contributed by atoms with Crippen molar-refractivity contribution in [1.82, 2.24) is 20.5 Å². The molecule has 2 amide bonds. The fraction of sp³-hybridized carbons (Fsp3) is 0.615. The minimum absolute atomic E-state index is 0.0514. The van der Waals surface area contributed by atoms with Gasteiger partial charge < -0.3 is 9.64 Å². The molecule has 2 rings (SSSR count). The number of nitrogens with one attached hydrogen (secondary N) is 2. The van der Waals surface area contributed by atoms with Gasteiger partial charge in [0.05, 0.1) is 12.2 Å². The molecule has 116 valence electrons. The number of aromatic nitrogens is 2. The molecule has 0 radical (unpaired) electrons. The Labute approximate surface area is 123 Å². The molecule has 0 spiro atoms. The molecule has 0 bridgehead atoms. The Morgan fingerprint density at radius 1 is 1.48 bits per heavy atom. The van der Waals surface area contributed by atoms with E-state index in [1.54, 1.807) is 4.90 Å². The Kier molecular flexibility index (Phi) is 3.91. The highest BCUT2D eigenvalue weighted by atomic mass is 16.6. The SMILES string of the molecule is C[C@@H]1Cc2n[nH]c(C(=O)NN)c2CN1C(=O)OC(C)(C)C. The van der Waals surface area contributed by atoms with Crippen molar-refractivity contribution in [2.24, 2.45) is 5.84 Å². The highest BCUT2D eigenvalue weighted by Gasteiger charge is 2.34. The van der Waals surface area contributed by atoms with Gasteiger partial charge >= 0.3 is 6.09 Å². The summed E-state index contributed by atoms with van der Waals surface area (Å²) < 4.78 is 5.40. The summed E-state index contributed by atoms with van der Waals surface area (Å²) in [5, 5.41) is 6.80. The lowest BCUT2D eigenvalue weighted by Gasteiger charge is -2.34. The van der Waals surface area contributed by atoms with E-state index < -0.39 is 17.6 Å². The van der Waals surface area contributed by atoms with Crippen molar-refractivity contribution in [1.29, 1.82) is 0 Å². The van der Waals surface area contributed by atoms with E-state index in [1.165, 1.54) is 0 Å². The molecule has 1 aliphatic heterocycles. The van der Waals surface area contributed by atoms with Crippen LogP contribution in [0.25, 0.3) is 0 Å². The maximum Gasteiger partial charge on any atom is 0.410 e. The summed E-state index contributed by atoms with van der Waals surface area (Å²) in [4.78, 5) is 25.5. The lowest BCUT2D eigenvalue weighted by Crippen LogP contribution is -2.45. The van der Waals surface area contributed by atoms with Gasteiger partial charge in [-0.05, 0) is 27.7 Å². The number of nitrogens with zero attached hydrogens (tertiary/aromatic N) is 2. The van der Waals surface area contributed by atoms with Crippen molar-refractivity contribution >= 4 is 12.0 Å². The maximum absolute atomic E-state index is 12.3. The van der Waals surface area contributed by atoms with E-state index >= 15 is 0 Å². The largest absolute Gasteiger partial charge is 0.444 e. The first-order valence-corrected chi connectivity index (χ1v) is 6.79. The molecule has 0 fully saturated rings. The van der Waals surface area contributed by atoms with E-state index in [-0.39, 0.29) is 18.3 Å². The lowest BCUT2D eigenvalue weighted by atomic mass is 10.00. The fourth-order valence-electron chi connectivity index (χ4n) is 2.28. The number of amides is 2.